The van der Waals surface area contributed by atoms with Crippen LogP contribution in [0, 0.1) is 23.0 Å². The molecule has 0 spiro atoms. The Bertz CT molecular complexity index is 437. The number of rotatable bonds is 3. The molecule has 0 unspecified atom stereocenters. The summed E-state index contributed by atoms with van der Waals surface area (Å²) in [5, 5.41) is 14.2. The van der Waals surface area contributed by atoms with E-state index in [0.717, 1.165) is 30.0 Å². The smallest absolute Gasteiger partial charge is 0.271 e. The number of aryl methyl sites for hydroxylation is 1. The summed E-state index contributed by atoms with van der Waals surface area (Å²) in [6, 6.07) is 5.48. The van der Waals surface area contributed by atoms with Gasteiger partial charge in [-0.2, -0.15) is 0 Å². The Balaban J connectivity index is 2.08. The molecule has 4 heteroatoms. The Kier molecular flexibility index (Phi) is 3.84. The summed E-state index contributed by atoms with van der Waals surface area (Å²) in [4.78, 5) is 10.4. The van der Waals surface area contributed by atoms with Crippen molar-refractivity contribution in [1.82, 2.24) is 0 Å². The van der Waals surface area contributed by atoms with Gasteiger partial charge in [-0.1, -0.05) is 13.0 Å². The zero-order valence-corrected chi connectivity index (χ0v) is 11.0. The van der Waals surface area contributed by atoms with E-state index < -0.39 is 0 Å². The highest BCUT2D eigenvalue weighted by molar-refractivity contribution is 5.57. The van der Waals surface area contributed by atoms with Crippen molar-refractivity contribution in [1.29, 1.82) is 0 Å². The van der Waals surface area contributed by atoms with Gasteiger partial charge in [-0.25, -0.2) is 0 Å². The van der Waals surface area contributed by atoms with Gasteiger partial charge in [0.25, 0.3) is 5.69 Å². The minimum Gasteiger partial charge on any atom is -0.382 e. The lowest BCUT2D eigenvalue weighted by atomic mass is 9.87. The van der Waals surface area contributed by atoms with Gasteiger partial charge in [0, 0.05) is 23.9 Å². The van der Waals surface area contributed by atoms with Gasteiger partial charge in [0.2, 0.25) is 0 Å². The minimum absolute atomic E-state index is 0.160. The van der Waals surface area contributed by atoms with Crippen LogP contribution in [0.5, 0.6) is 0 Å². The van der Waals surface area contributed by atoms with Gasteiger partial charge in [0.05, 0.1) is 4.92 Å². The zero-order chi connectivity index (χ0) is 13.1. The third-order valence-corrected chi connectivity index (χ3v) is 3.81. The number of hydrogen-bond acceptors (Lipinski definition) is 3. The molecule has 4 nitrogen and oxygen atoms in total. The van der Waals surface area contributed by atoms with E-state index in [1.54, 1.807) is 12.1 Å². The number of benzene rings is 1. The highest BCUT2D eigenvalue weighted by Gasteiger charge is 2.19. The molecule has 0 aliphatic heterocycles. The first kappa shape index (κ1) is 12.9. The van der Waals surface area contributed by atoms with Crippen molar-refractivity contribution in [3.8, 4) is 0 Å². The molecule has 0 radical (unpaired) electrons. The Labute approximate surface area is 108 Å². The van der Waals surface area contributed by atoms with Gasteiger partial charge in [0.15, 0.2) is 0 Å². The molecule has 1 saturated carbocycles. The van der Waals surface area contributed by atoms with Crippen molar-refractivity contribution >= 4 is 11.4 Å². The van der Waals surface area contributed by atoms with E-state index in [0.29, 0.717) is 6.04 Å². The van der Waals surface area contributed by atoms with E-state index in [1.165, 1.54) is 12.8 Å². The highest BCUT2D eigenvalue weighted by atomic mass is 16.6. The standard InChI is InChI=1S/C14H20N2O2/c1-10-3-6-12(7-4-10)15-14-9-13(16(17)18)8-5-11(14)2/h5,8-10,12,15H,3-4,6-7H2,1-2H3. The van der Waals surface area contributed by atoms with Crippen molar-refractivity contribution in [2.24, 2.45) is 5.92 Å². The lowest BCUT2D eigenvalue weighted by molar-refractivity contribution is -0.384. The number of hydrogen-bond donors (Lipinski definition) is 1. The quantitative estimate of drug-likeness (QED) is 0.652. The first-order chi connectivity index (χ1) is 8.56. The van der Waals surface area contributed by atoms with Gasteiger partial charge < -0.3 is 5.32 Å². The predicted octanol–water partition coefficient (Wildman–Crippen LogP) is 3.89. The molecule has 18 heavy (non-hydrogen) atoms. The molecule has 1 aromatic rings. The molecule has 1 fully saturated rings. The van der Waals surface area contributed by atoms with Crippen molar-refractivity contribution in [3.63, 3.8) is 0 Å². The molecule has 0 heterocycles. The molecule has 1 aliphatic rings. The second kappa shape index (κ2) is 5.38. The summed E-state index contributed by atoms with van der Waals surface area (Å²) in [5.74, 6) is 0.814. The third kappa shape index (κ3) is 3.00. The fourth-order valence-electron chi connectivity index (χ4n) is 2.50. The molecule has 0 amide bonds. The van der Waals surface area contributed by atoms with E-state index in [-0.39, 0.29) is 10.6 Å². The molecule has 0 bridgehead atoms. The van der Waals surface area contributed by atoms with Crippen LogP contribution in [-0.4, -0.2) is 11.0 Å². The second-order valence-electron chi connectivity index (χ2n) is 5.36. The number of nitrogens with one attached hydrogen (secondary N) is 1. The summed E-state index contributed by atoms with van der Waals surface area (Å²) in [6.07, 6.45) is 4.80. The third-order valence-electron chi connectivity index (χ3n) is 3.81. The molecule has 0 saturated heterocycles. The normalized spacial score (nSPS) is 23.7. The summed E-state index contributed by atoms with van der Waals surface area (Å²) >= 11 is 0. The SMILES string of the molecule is Cc1ccc([N+](=O)[O-])cc1NC1CCC(C)CC1. The fraction of sp³-hybridized carbons (Fsp3) is 0.571. The zero-order valence-electron chi connectivity index (χ0n) is 11.0. The first-order valence-electron chi connectivity index (χ1n) is 6.58. The van der Waals surface area contributed by atoms with Crippen LogP contribution in [0.2, 0.25) is 0 Å². The van der Waals surface area contributed by atoms with Crippen LogP contribution in [-0.2, 0) is 0 Å². The summed E-state index contributed by atoms with van der Waals surface area (Å²) in [5.41, 5.74) is 2.13. The van der Waals surface area contributed by atoms with Gasteiger partial charge in [-0.15, -0.1) is 0 Å². The number of non-ortho nitro benzene ring substituents is 1. The van der Waals surface area contributed by atoms with E-state index in [9.17, 15) is 10.1 Å². The lowest BCUT2D eigenvalue weighted by Gasteiger charge is -2.28. The minimum atomic E-state index is -0.340. The molecule has 1 N–H and O–H groups in total. The van der Waals surface area contributed by atoms with E-state index in [4.69, 9.17) is 0 Å². The highest BCUT2D eigenvalue weighted by Crippen LogP contribution is 2.28. The summed E-state index contributed by atoms with van der Waals surface area (Å²) < 4.78 is 0. The average Bonchev–Trinajstić information content (AvgIpc) is 2.34. The molecule has 1 aromatic carbocycles. The van der Waals surface area contributed by atoms with Crippen LogP contribution < -0.4 is 5.32 Å². The van der Waals surface area contributed by atoms with Crippen LogP contribution in [0.4, 0.5) is 11.4 Å². The van der Waals surface area contributed by atoms with Gasteiger partial charge in [0.1, 0.15) is 0 Å². The molecular weight excluding hydrogens is 228 g/mol. The number of nitrogens with zero attached hydrogens (tertiary/aromatic N) is 1. The topological polar surface area (TPSA) is 55.2 Å². The number of nitro groups is 1. The van der Waals surface area contributed by atoms with Crippen LogP contribution in [0.1, 0.15) is 38.2 Å². The van der Waals surface area contributed by atoms with Crippen molar-refractivity contribution < 1.29 is 4.92 Å². The Morgan fingerprint density at radius 3 is 2.56 bits per heavy atom. The fourth-order valence-corrected chi connectivity index (χ4v) is 2.50. The van der Waals surface area contributed by atoms with Crippen LogP contribution >= 0.6 is 0 Å². The molecule has 0 atom stereocenters. The van der Waals surface area contributed by atoms with Crippen molar-refractivity contribution in [2.75, 3.05) is 5.32 Å². The monoisotopic (exact) mass is 248 g/mol. The Hall–Kier alpha value is -1.58. The Morgan fingerprint density at radius 2 is 1.94 bits per heavy atom. The summed E-state index contributed by atoms with van der Waals surface area (Å²) in [7, 11) is 0. The van der Waals surface area contributed by atoms with E-state index in [2.05, 4.69) is 12.2 Å². The maximum atomic E-state index is 10.8. The Morgan fingerprint density at radius 1 is 1.28 bits per heavy atom. The van der Waals surface area contributed by atoms with E-state index >= 15 is 0 Å². The van der Waals surface area contributed by atoms with Crippen molar-refractivity contribution in [3.05, 3.63) is 33.9 Å². The molecule has 98 valence electrons. The van der Waals surface area contributed by atoms with Gasteiger partial charge in [-0.05, 0) is 44.1 Å². The van der Waals surface area contributed by atoms with Crippen LogP contribution in [0.15, 0.2) is 18.2 Å². The van der Waals surface area contributed by atoms with Gasteiger partial charge in [-0.3, -0.25) is 10.1 Å². The van der Waals surface area contributed by atoms with Crippen LogP contribution in [0.3, 0.4) is 0 Å². The maximum absolute atomic E-state index is 10.8. The average molecular weight is 248 g/mol. The molecule has 2 rings (SSSR count). The number of anilines is 1. The second-order valence-corrected chi connectivity index (χ2v) is 5.36. The largest absolute Gasteiger partial charge is 0.382 e. The summed E-state index contributed by atoms with van der Waals surface area (Å²) in [6.45, 7) is 4.27. The molecule has 0 aromatic heterocycles. The predicted molar refractivity (Wildman–Crippen MR) is 72.9 cm³/mol. The lowest BCUT2D eigenvalue weighted by Crippen LogP contribution is -2.25. The first-order valence-corrected chi connectivity index (χ1v) is 6.58. The number of nitro benzene ring substituents is 1. The van der Waals surface area contributed by atoms with Crippen LogP contribution in [0.25, 0.3) is 0 Å². The molecular formula is C14H20N2O2. The van der Waals surface area contributed by atoms with Crippen molar-refractivity contribution in [2.45, 2.75) is 45.6 Å². The van der Waals surface area contributed by atoms with Gasteiger partial charge >= 0.3 is 0 Å². The maximum Gasteiger partial charge on any atom is 0.271 e. The van der Waals surface area contributed by atoms with E-state index in [1.807, 2.05) is 13.0 Å². The molecule has 1 aliphatic carbocycles.